The van der Waals surface area contributed by atoms with Crippen LogP contribution in [0.15, 0.2) is 228 Å². The molecule has 2 N–H and O–H groups in total. The van der Waals surface area contributed by atoms with Crippen molar-refractivity contribution in [1.29, 1.82) is 0 Å². The summed E-state index contributed by atoms with van der Waals surface area (Å²) in [6.07, 6.45) is -0.549. The van der Waals surface area contributed by atoms with Crippen LogP contribution in [0, 0.1) is 0 Å². The molecule has 2 atom stereocenters. The van der Waals surface area contributed by atoms with E-state index >= 15 is 0 Å². The lowest BCUT2D eigenvalue weighted by atomic mass is 9.99. The molecule has 12 rings (SSSR count). The van der Waals surface area contributed by atoms with Crippen molar-refractivity contribution in [2.75, 3.05) is 0 Å². The number of rotatable bonds is 7. The highest BCUT2D eigenvalue weighted by atomic mass is 16.3. The van der Waals surface area contributed by atoms with Gasteiger partial charge in [-0.2, -0.15) is 0 Å². The molecule has 62 heavy (non-hydrogen) atoms. The highest BCUT2D eigenvalue weighted by Crippen LogP contribution is 2.40. The Kier molecular flexibility index (Phi) is 8.65. The number of aliphatic imine (C=N–C) groups is 1. The summed E-state index contributed by atoms with van der Waals surface area (Å²) in [5.74, 6) is 0.841. The first kappa shape index (κ1) is 35.9. The minimum Gasteiger partial charge on any atom is -0.456 e. The molecule has 5 nitrogen and oxygen atoms in total. The minimum absolute atomic E-state index is 0.257. The molecule has 0 aliphatic carbocycles. The lowest BCUT2D eigenvalue weighted by Crippen LogP contribution is -2.45. The van der Waals surface area contributed by atoms with E-state index in [9.17, 15) is 0 Å². The van der Waals surface area contributed by atoms with Gasteiger partial charge in [-0.05, 0) is 87.5 Å². The molecule has 2 unspecified atom stereocenters. The van der Waals surface area contributed by atoms with Crippen molar-refractivity contribution in [3.8, 4) is 39.1 Å². The molecule has 9 aromatic carbocycles. The van der Waals surface area contributed by atoms with E-state index < -0.39 is 0 Å². The van der Waals surface area contributed by atoms with Gasteiger partial charge in [0, 0.05) is 44.4 Å². The summed E-state index contributed by atoms with van der Waals surface area (Å²) in [4.78, 5) is 5.27. The quantitative estimate of drug-likeness (QED) is 0.169. The summed E-state index contributed by atoms with van der Waals surface area (Å²) >= 11 is 0. The van der Waals surface area contributed by atoms with Crippen LogP contribution in [-0.2, 0) is 0 Å². The molecule has 3 heterocycles. The first-order valence-electron chi connectivity index (χ1n) is 21.2. The molecule has 2 aromatic heterocycles. The Bertz CT molecular complexity index is 3370. The summed E-state index contributed by atoms with van der Waals surface area (Å²) in [5.41, 5.74) is 15.4. The molecule has 1 aliphatic rings. The summed E-state index contributed by atoms with van der Waals surface area (Å²) in [7, 11) is 0. The van der Waals surface area contributed by atoms with Crippen LogP contribution >= 0.6 is 0 Å². The van der Waals surface area contributed by atoms with Crippen LogP contribution in [-0.4, -0.2) is 10.4 Å². The van der Waals surface area contributed by atoms with Gasteiger partial charge in [0.25, 0.3) is 0 Å². The van der Waals surface area contributed by atoms with E-state index in [2.05, 4.69) is 228 Å². The third-order valence-electron chi connectivity index (χ3n) is 12.3. The number of amidine groups is 1. The van der Waals surface area contributed by atoms with Crippen molar-refractivity contribution in [2.24, 2.45) is 4.99 Å². The Morgan fingerprint density at radius 2 is 0.968 bits per heavy atom. The monoisotopic (exact) mass is 796 g/mol. The standard InChI is InChI=1S/C57H40N4O/c1-5-15-37(16-6-1)41-23-13-24-44(33-41)56-58-55(40-21-11-4-12-22-40)59-57(60-56)47-25-14-26-52-54(47)46-30-29-45(36-53(46)62-52)61-50-31-27-42(38-17-7-2-8-18-38)34-48(50)49-35-43(28-32-51(49)61)39-19-9-3-10-20-39/h1-36,56-57,60H,(H,58,59). The van der Waals surface area contributed by atoms with Gasteiger partial charge in [-0.3, -0.25) is 5.32 Å². The van der Waals surface area contributed by atoms with E-state index in [0.29, 0.717) is 0 Å². The highest BCUT2D eigenvalue weighted by Gasteiger charge is 2.28. The van der Waals surface area contributed by atoms with E-state index in [4.69, 9.17) is 9.41 Å². The highest BCUT2D eigenvalue weighted by molar-refractivity contribution is 6.13. The number of nitrogens with one attached hydrogen (secondary N) is 2. The first-order chi connectivity index (χ1) is 30.7. The zero-order valence-electron chi connectivity index (χ0n) is 33.7. The van der Waals surface area contributed by atoms with Crippen LogP contribution < -0.4 is 10.6 Å². The van der Waals surface area contributed by atoms with E-state index in [-0.39, 0.29) is 12.3 Å². The second-order valence-electron chi connectivity index (χ2n) is 16.0. The molecule has 1 aliphatic heterocycles. The maximum atomic E-state index is 6.79. The van der Waals surface area contributed by atoms with Gasteiger partial charge >= 0.3 is 0 Å². The number of benzene rings is 9. The lowest BCUT2D eigenvalue weighted by molar-refractivity contribution is 0.411. The second kappa shape index (κ2) is 14.9. The largest absolute Gasteiger partial charge is 0.456 e. The third-order valence-corrected chi connectivity index (χ3v) is 12.3. The summed E-state index contributed by atoms with van der Waals surface area (Å²) in [5, 5.41) is 12.2. The Morgan fingerprint density at radius 1 is 0.419 bits per heavy atom. The van der Waals surface area contributed by atoms with Gasteiger partial charge in [-0.15, -0.1) is 0 Å². The zero-order chi connectivity index (χ0) is 41.0. The smallest absolute Gasteiger partial charge is 0.137 e. The van der Waals surface area contributed by atoms with E-state index in [1.807, 2.05) is 6.07 Å². The van der Waals surface area contributed by atoms with E-state index in [1.165, 1.54) is 38.6 Å². The normalized spacial score (nSPS) is 15.3. The van der Waals surface area contributed by atoms with Gasteiger partial charge < -0.3 is 14.3 Å². The predicted octanol–water partition coefficient (Wildman–Crippen LogP) is 14.0. The molecule has 0 spiro atoms. The molecule has 0 saturated heterocycles. The summed E-state index contributed by atoms with van der Waals surface area (Å²) < 4.78 is 9.17. The second-order valence-corrected chi connectivity index (χ2v) is 16.0. The van der Waals surface area contributed by atoms with Crippen LogP contribution in [0.4, 0.5) is 0 Å². The van der Waals surface area contributed by atoms with Crippen LogP contribution in [0.2, 0.25) is 0 Å². The number of nitrogens with zero attached hydrogens (tertiary/aromatic N) is 2. The number of hydrogen-bond acceptors (Lipinski definition) is 4. The molecular formula is C57H40N4O. The maximum absolute atomic E-state index is 6.79. The van der Waals surface area contributed by atoms with Crippen LogP contribution in [0.3, 0.4) is 0 Å². The average Bonchev–Trinajstić information content (AvgIpc) is 3.89. The molecule has 0 radical (unpaired) electrons. The Hall–Kier alpha value is -7.99. The molecule has 294 valence electrons. The average molecular weight is 797 g/mol. The Balaban J connectivity index is 0.978. The van der Waals surface area contributed by atoms with Gasteiger partial charge in [0.15, 0.2) is 0 Å². The fraction of sp³-hybridized carbons (Fsp3) is 0.0351. The van der Waals surface area contributed by atoms with Gasteiger partial charge in [-0.1, -0.05) is 164 Å². The summed E-state index contributed by atoms with van der Waals surface area (Å²) in [6.45, 7) is 0. The SMILES string of the molecule is c1ccc(C2=NC(c3cccc(-c4ccccc4)c3)NC(c3cccc4oc5cc(-n6c7ccc(-c8ccccc8)cc7c7cc(-c8ccccc8)ccc76)ccc5c34)N2)cc1. The van der Waals surface area contributed by atoms with Crippen LogP contribution in [0.5, 0.6) is 0 Å². The first-order valence-corrected chi connectivity index (χ1v) is 21.2. The van der Waals surface area contributed by atoms with Gasteiger partial charge in [0.1, 0.15) is 29.3 Å². The van der Waals surface area contributed by atoms with Crippen molar-refractivity contribution in [3.05, 3.63) is 235 Å². The van der Waals surface area contributed by atoms with Crippen molar-refractivity contribution in [3.63, 3.8) is 0 Å². The molecule has 0 amide bonds. The number of furan rings is 1. The maximum Gasteiger partial charge on any atom is 0.137 e. The van der Waals surface area contributed by atoms with E-state index in [1.54, 1.807) is 0 Å². The molecule has 0 fully saturated rings. The van der Waals surface area contributed by atoms with Gasteiger partial charge in [0.2, 0.25) is 0 Å². The molecule has 0 saturated carbocycles. The fourth-order valence-corrected chi connectivity index (χ4v) is 9.29. The lowest BCUT2D eigenvalue weighted by Gasteiger charge is -2.32. The van der Waals surface area contributed by atoms with Crippen molar-refractivity contribution in [1.82, 2.24) is 15.2 Å². The van der Waals surface area contributed by atoms with Gasteiger partial charge in [-0.25, -0.2) is 4.99 Å². The molecule has 11 aromatic rings. The van der Waals surface area contributed by atoms with Crippen molar-refractivity contribution in [2.45, 2.75) is 12.3 Å². The topological polar surface area (TPSA) is 54.5 Å². The molecular weight excluding hydrogens is 757 g/mol. The zero-order valence-corrected chi connectivity index (χ0v) is 33.7. The Morgan fingerprint density at radius 3 is 1.58 bits per heavy atom. The van der Waals surface area contributed by atoms with Crippen LogP contribution in [0.1, 0.15) is 29.0 Å². The predicted molar refractivity (Wildman–Crippen MR) is 256 cm³/mol. The molecule has 5 heteroatoms. The fourth-order valence-electron chi connectivity index (χ4n) is 9.29. The van der Waals surface area contributed by atoms with Crippen LogP contribution in [0.25, 0.3) is 82.8 Å². The number of hydrogen-bond donors (Lipinski definition) is 2. The Labute approximate surface area is 359 Å². The summed E-state index contributed by atoms with van der Waals surface area (Å²) in [6, 6.07) is 77.5. The van der Waals surface area contributed by atoms with Crippen molar-refractivity contribution >= 4 is 49.6 Å². The number of aromatic nitrogens is 1. The third kappa shape index (κ3) is 6.26. The van der Waals surface area contributed by atoms with Crippen molar-refractivity contribution < 1.29 is 4.42 Å². The minimum atomic E-state index is -0.291. The number of fused-ring (bicyclic) bond motifs is 6. The van der Waals surface area contributed by atoms with Gasteiger partial charge in [0.05, 0.1) is 11.0 Å². The van der Waals surface area contributed by atoms with E-state index in [0.717, 1.165) is 66.7 Å². The molecule has 0 bridgehead atoms.